The zero-order valence-electron chi connectivity index (χ0n) is 30.3. The van der Waals surface area contributed by atoms with Crippen molar-refractivity contribution in [3.05, 3.63) is 210 Å². The van der Waals surface area contributed by atoms with Crippen LogP contribution in [0.15, 0.2) is 186 Å². The maximum absolute atomic E-state index is 6.44. The number of hydrogen-bond acceptors (Lipinski definition) is 1. The molecule has 0 fully saturated rings. The van der Waals surface area contributed by atoms with Crippen LogP contribution in [0.25, 0.3) is 71.7 Å². The first-order chi connectivity index (χ1) is 26.5. The van der Waals surface area contributed by atoms with Crippen LogP contribution in [0.3, 0.4) is 0 Å². The van der Waals surface area contributed by atoms with E-state index in [9.17, 15) is 0 Å². The van der Waals surface area contributed by atoms with Crippen LogP contribution < -0.4 is 0 Å². The van der Waals surface area contributed by atoms with Gasteiger partial charge in [-0.15, -0.1) is 0 Å². The maximum atomic E-state index is 6.44. The zero-order valence-corrected chi connectivity index (χ0v) is 30.3. The van der Waals surface area contributed by atoms with E-state index in [4.69, 9.17) is 4.42 Å². The Labute approximate surface area is 314 Å². The maximum Gasteiger partial charge on any atom is 0.135 e. The second kappa shape index (κ2) is 11.7. The van der Waals surface area contributed by atoms with E-state index in [1.165, 1.54) is 77.6 Å². The Hall–Kier alpha value is -6.64. The van der Waals surface area contributed by atoms with E-state index in [2.05, 4.69) is 194 Å². The van der Waals surface area contributed by atoms with Crippen LogP contribution in [0.1, 0.15) is 47.6 Å². The van der Waals surface area contributed by atoms with Crippen LogP contribution in [0.4, 0.5) is 0 Å². The smallest absolute Gasteiger partial charge is 0.135 e. The van der Waals surface area contributed by atoms with Gasteiger partial charge in [0.2, 0.25) is 0 Å². The first-order valence-electron chi connectivity index (χ1n) is 18.9. The highest BCUT2D eigenvalue weighted by molar-refractivity contribution is 6.10. The lowest BCUT2D eigenvalue weighted by Crippen LogP contribution is -2.15. The molecule has 2 aromatic heterocycles. The Morgan fingerprint density at radius 1 is 0.426 bits per heavy atom. The van der Waals surface area contributed by atoms with Gasteiger partial charge >= 0.3 is 0 Å². The van der Waals surface area contributed by atoms with Crippen molar-refractivity contribution in [3.63, 3.8) is 0 Å². The minimum absolute atomic E-state index is 0.0211. The summed E-state index contributed by atoms with van der Waals surface area (Å²) in [5, 5.41) is 4.83. The summed E-state index contributed by atoms with van der Waals surface area (Å²) < 4.78 is 8.81. The largest absolute Gasteiger partial charge is 0.456 e. The van der Waals surface area contributed by atoms with E-state index >= 15 is 0 Å². The van der Waals surface area contributed by atoms with E-state index in [0.717, 1.165) is 21.9 Å². The fourth-order valence-electron chi connectivity index (χ4n) is 9.28. The Morgan fingerprint density at radius 3 is 1.93 bits per heavy atom. The highest BCUT2D eigenvalue weighted by Crippen LogP contribution is 2.50. The molecule has 0 N–H and O–H groups in total. The van der Waals surface area contributed by atoms with Crippen LogP contribution in [-0.2, 0) is 5.41 Å². The minimum atomic E-state index is -0.0820. The molecule has 0 amide bonds. The number of benzene rings is 8. The molecule has 54 heavy (non-hydrogen) atoms. The lowest BCUT2D eigenvalue weighted by molar-refractivity contribution is 0.658. The molecule has 0 radical (unpaired) electrons. The summed E-state index contributed by atoms with van der Waals surface area (Å²) in [5.41, 5.74) is 17.0. The Kier molecular flexibility index (Phi) is 6.69. The highest BCUT2D eigenvalue weighted by Gasteiger charge is 2.36. The molecule has 10 aromatic rings. The van der Waals surface area contributed by atoms with Crippen molar-refractivity contribution in [1.29, 1.82) is 0 Å². The van der Waals surface area contributed by atoms with Crippen LogP contribution in [-0.4, -0.2) is 4.57 Å². The highest BCUT2D eigenvalue weighted by atomic mass is 16.3. The molecule has 8 aromatic carbocycles. The topological polar surface area (TPSA) is 18.1 Å². The van der Waals surface area contributed by atoms with Crippen molar-refractivity contribution in [3.8, 4) is 27.9 Å². The van der Waals surface area contributed by atoms with Gasteiger partial charge in [0.15, 0.2) is 0 Å². The third kappa shape index (κ3) is 4.60. The lowest BCUT2D eigenvalue weighted by Gasteiger charge is -2.24. The van der Waals surface area contributed by atoms with Crippen LogP contribution in [0.5, 0.6) is 0 Å². The van der Waals surface area contributed by atoms with Gasteiger partial charge in [-0.05, 0) is 92.5 Å². The molecule has 0 saturated heterocycles. The van der Waals surface area contributed by atoms with Crippen molar-refractivity contribution in [2.75, 3.05) is 0 Å². The Bertz CT molecular complexity index is 3070. The van der Waals surface area contributed by atoms with Gasteiger partial charge in [0.05, 0.1) is 11.0 Å². The molecule has 1 unspecified atom stereocenters. The monoisotopic (exact) mass is 691 g/mol. The first-order valence-corrected chi connectivity index (χ1v) is 18.9. The van der Waals surface area contributed by atoms with Crippen molar-refractivity contribution in [2.45, 2.75) is 25.2 Å². The molecule has 1 aliphatic rings. The van der Waals surface area contributed by atoms with Crippen molar-refractivity contribution >= 4 is 43.7 Å². The second-order valence-electron chi connectivity index (χ2n) is 15.3. The van der Waals surface area contributed by atoms with Crippen molar-refractivity contribution in [1.82, 2.24) is 4.57 Å². The summed E-state index contributed by atoms with van der Waals surface area (Å²) in [4.78, 5) is 0. The molecular weight excluding hydrogens is 655 g/mol. The minimum Gasteiger partial charge on any atom is -0.456 e. The summed E-state index contributed by atoms with van der Waals surface area (Å²) in [7, 11) is 0. The number of furan rings is 1. The number of rotatable bonds is 5. The Morgan fingerprint density at radius 2 is 1.06 bits per heavy atom. The first kappa shape index (κ1) is 30.9. The van der Waals surface area contributed by atoms with Crippen LogP contribution in [0.2, 0.25) is 0 Å². The summed E-state index contributed by atoms with van der Waals surface area (Å²) in [6.45, 7) is 4.72. The molecule has 256 valence electrons. The molecule has 2 nitrogen and oxygen atoms in total. The van der Waals surface area contributed by atoms with Gasteiger partial charge in [-0.2, -0.15) is 0 Å². The summed E-state index contributed by atoms with van der Waals surface area (Å²) in [6, 6.07) is 66.7. The van der Waals surface area contributed by atoms with E-state index in [-0.39, 0.29) is 11.3 Å². The fraction of sp³-hybridized carbons (Fsp3) is 0.0769. The van der Waals surface area contributed by atoms with Gasteiger partial charge in [-0.3, -0.25) is 0 Å². The number of aromatic nitrogens is 1. The second-order valence-corrected chi connectivity index (χ2v) is 15.3. The standard InChI is InChI=1S/C52H37NO/c1-52(2)45-17-9-6-14-39(45)40-27-24-36(31-46(40)52)51(37-25-28-43-42-16-8-11-19-49(42)54-50(43)32-37)34-22-20-33(21-23-34)35-26-29-48-44(30-35)41-15-7-10-18-47(41)53(48)38-12-4-3-5-13-38/h3-32,51H,1-2H3. The molecule has 1 aliphatic carbocycles. The van der Waals surface area contributed by atoms with Gasteiger partial charge in [-0.1, -0.05) is 153 Å². The van der Waals surface area contributed by atoms with E-state index in [1.807, 2.05) is 6.07 Å². The Balaban J connectivity index is 1.04. The predicted molar refractivity (Wildman–Crippen MR) is 225 cm³/mol. The zero-order chi connectivity index (χ0) is 36.0. The van der Waals surface area contributed by atoms with Gasteiger partial charge in [0.1, 0.15) is 11.2 Å². The quantitative estimate of drug-likeness (QED) is 0.164. The van der Waals surface area contributed by atoms with Crippen molar-refractivity contribution < 1.29 is 4.42 Å². The van der Waals surface area contributed by atoms with Gasteiger partial charge in [0.25, 0.3) is 0 Å². The van der Waals surface area contributed by atoms with Gasteiger partial charge < -0.3 is 8.98 Å². The molecule has 2 heteroatoms. The summed E-state index contributed by atoms with van der Waals surface area (Å²) in [5.74, 6) is 0.0211. The molecular formula is C52H37NO. The normalized spacial score (nSPS) is 13.8. The number of fused-ring (bicyclic) bond motifs is 9. The van der Waals surface area contributed by atoms with E-state index in [0.29, 0.717) is 0 Å². The molecule has 0 spiro atoms. The number of nitrogens with zero attached hydrogens (tertiary/aromatic N) is 1. The fourth-order valence-corrected chi connectivity index (χ4v) is 9.28. The van der Waals surface area contributed by atoms with Crippen LogP contribution >= 0.6 is 0 Å². The van der Waals surface area contributed by atoms with E-state index < -0.39 is 0 Å². The molecule has 11 rings (SSSR count). The third-order valence-electron chi connectivity index (χ3n) is 11.9. The van der Waals surface area contributed by atoms with Crippen LogP contribution in [0, 0.1) is 0 Å². The summed E-state index contributed by atoms with van der Waals surface area (Å²) in [6.07, 6.45) is 0. The van der Waals surface area contributed by atoms with Gasteiger partial charge in [-0.25, -0.2) is 0 Å². The molecule has 2 heterocycles. The SMILES string of the molecule is CC1(C)c2ccccc2-c2ccc(C(c3ccc(-c4ccc5c(c4)c4ccccc4n5-c4ccccc4)cc3)c3ccc4c(c3)oc3ccccc34)cc21. The molecule has 1 atom stereocenters. The average Bonchev–Trinajstić information content (AvgIpc) is 3.83. The molecule has 0 aliphatic heterocycles. The van der Waals surface area contributed by atoms with Gasteiger partial charge in [0, 0.05) is 38.6 Å². The predicted octanol–water partition coefficient (Wildman–Crippen LogP) is 13.8. The molecule has 0 bridgehead atoms. The van der Waals surface area contributed by atoms with E-state index in [1.54, 1.807) is 0 Å². The number of hydrogen-bond donors (Lipinski definition) is 0. The number of para-hydroxylation sites is 3. The van der Waals surface area contributed by atoms with Crippen molar-refractivity contribution in [2.24, 2.45) is 0 Å². The lowest BCUT2D eigenvalue weighted by atomic mass is 9.79. The third-order valence-corrected chi connectivity index (χ3v) is 11.9. The molecule has 0 saturated carbocycles. The summed E-state index contributed by atoms with van der Waals surface area (Å²) >= 11 is 0. The average molecular weight is 692 g/mol.